The normalized spacial score (nSPS) is 20.3. The number of nitrogens with one attached hydrogen (secondary N) is 1. The van der Waals surface area contributed by atoms with Crippen LogP contribution in [0.1, 0.15) is 63.5 Å². The third kappa shape index (κ3) is 5.49. The molecule has 1 aliphatic carbocycles. The van der Waals surface area contributed by atoms with Gasteiger partial charge in [-0.2, -0.15) is 0 Å². The van der Waals surface area contributed by atoms with Gasteiger partial charge in [-0.3, -0.25) is 0 Å². The van der Waals surface area contributed by atoms with E-state index in [1.165, 1.54) is 31.2 Å². The Morgan fingerprint density at radius 2 is 1.74 bits per heavy atom. The lowest BCUT2D eigenvalue weighted by molar-refractivity contribution is 0.130. The van der Waals surface area contributed by atoms with E-state index in [-0.39, 0.29) is 5.60 Å². The number of hydrogen-bond acceptors (Lipinski definition) is 3. The van der Waals surface area contributed by atoms with Crippen LogP contribution in [0.2, 0.25) is 0 Å². The van der Waals surface area contributed by atoms with Crippen LogP contribution in [0.25, 0.3) is 0 Å². The third-order valence-electron chi connectivity index (χ3n) is 5.22. The summed E-state index contributed by atoms with van der Waals surface area (Å²) in [6, 6.07) is 17.5. The molecule has 0 heterocycles. The second-order valence-electron chi connectivity index (χ2n) is 8.48. The van der Waals surface area contributed by atoms with E-state index in [1.807, 2.05) is 12.1 Å². The minimum absolute atomic E-state index is 0.207. The molecular formula is C24H33NO2. The summed E-state index contributed by atoms with van der Waals surface area (Å²) in [5.74, 6) is 2.39. The Kier molecular flexibility index (Phi) is 6.43. The van der Waals surface area contributed by atoms with E-state index in [0.29, 0.717) is 12.0 Å². The van der Waals surface area contributed by atoms with Gasteiger partial charge in [0.15, 0.2) is 0 Å². The fourth-order valence-electron chi connectivity index (χ4n) is 4.03. The lowest BCUT2D eigenvalue weighted by Crippen LogP contribution is -2.36. The molecule has 0 radical (unpaired) electrons. The van der Waals surface area contributed by atoms with Crippen molar-refractivity contribution in [1.29, 1.82) is 0 Å². The molecule has 2 unspecified atom stereocenters. The summed E-state index contributed by atoms with van der Waals surface area (Å²) in [4.78, 5) is 0. The van der Waals surface area contributed by atoms with E-state index in [2.05, 4.69) is 62.5 Å². The van der Waals surface area contributed by atoms with E-state index in [9.17, 15) is 0 Å². The van der Waals surface area contributed by atoms with Crippen molar-refractivity contribution in [3.8, 4) is 11.5 Å². The molecule has 146 valence electrons. The summed E-state index contributed by atoms with van der Waals surface area (Å²) in [6.07, 6.45) is 5.09. The van der Waals surface area contributed by atoms with Crippen molar-refractivity contribution in [3.05, 3.63) is 59.7 Å². The van der Waals surface area contributed by atoms with Gasteiger partial charge in [0.1, 0.15) is 17.1 Å². The summed E-state index contributed by atoms with van der Waals surface area (Å²) in [6.45, 7) is 7.00. The van der Waals surface area contributed by atoms with Crippen molar-refractivity contribution < 1.29 is 9.47 Å². The molecule has 1 N–H and O–H groups in total. The van der Waals surface area contributed by atoms with Crippen LogP contribution in [0.3, 0.4) is 0 Å². The van der Waals surface area contributed by atoms with Gasteiger partial charge in [0.05, 0.1) is 7.11 Å². The van der Waals surface area contributed by atoms with Gasteiger partial charge in [0.2, 0.25) is 0 Å². The predicted octanol–water partition coefficient (Wildman–Crippen LogP) is 5.69. The minimum Gasteiger partial charge on any atom is -0.496 e. The topological polar surface area (TPSA) is 30.5 Å². The average Bonchev–Trinajstić information content (AvgIpc) is 2.66. The Bertz CT molecular complexity index is 721. The van der Waals surface area contributed by atoms with Gasteiger partial charge in [-0.1, -0.05) is 43.2 Å². The molecule has 2 aromatic rings. The largest absolute Gasteiger partial charge is 0.496 e. The third-order valence-corrected chi connectivity index (χ3v) is 5.22. The number of ether oxygens (including phenoxy) is 2. The quantitative estimate of drug-likeness (QED) is 0.711. The molecule has 3 rings (SSSR count). The van der Waals surface area contributed by atoms with Crippen molar-refractivity contribution >= 4 is 0 Å². The van der Waals surface area contributed by atoms with Crippen molar-refractivity contribution in [3.63, 3.8) is 0 Å². The van der Waals surface area contributed by atoms with Gasteiger partial charge >= 0.3 is 0 Å². The molecule has 1 saturated carbocycles. The van der Waals surface area contributed by atoms with Crippen molar-refractivity contribution in [1.82, 2.24) is 5.32 Å². The smallest absolute Gasteiger partial charge is 0.123 e. The average molecular weight is 368 g/mol. The van der Waals surface area contributed by atoms with Crippen LogP contribution in [0.4, 0.5) is 0 Å². The lowest BCUT2D eigenvalue weighted by Gasteiger charge is -2.33. The molecule has 0 spiro atoms. The summed E-state index contributed by atoms with van der Waals surface area (Å²) < 4.78 is 11.6. The Balaban J connectivity index is 1.73. The zero-order valence-corrected chi connectivity index (χ0v) is 17.1. The first-order valence-corrected chi connectivity index (χ1v) is 10.1. The maximum atomic E-state index is 6.04. The van der Waals surface area contributed by atoms with E-state index < -0.39 is 0 Å². The highest BCUT2D eigenvalue weighted by molar-refractivity contribution is 5.40. The second-order valence-corrected chi connectivity index (χ2v) is 8.48. The zero-order valence-electron chi connectivity index (χ0n) is 17.1. The fourth-order valence-corrected chi connectivity index (χ4v) is 4.03. The maximum absolute atomic E-state index is 6.04. The molecule has 0 amide bonds. The molecule has 0 aliphatic heterocycles. The number of rotatable bonds is 6. The van der Waals surface area contributed by atoms with Crippen LogP contribution < -0.4 is 14.8 Å². The Morgan fingerprint density at radius 1 is 1.00 bits per heavy atom. The van der Waals surface area contributed by atoms with E-state index in [0.717, 1.165) is 23.6 Å². The Hall–Kier alpha value is -2.00. The van der Waals surface area contributed by atoms with Crippen LogP contribution in [0.15, 0.2) is 48.5 Å². The zero-order chi connectivity index (χ0) is 19.3. The highest BCUT2D eigenvalue weighted by atomic mass is 16.5. The summed E-state index contributed by atoms with van der Waals surface area (Å²) in [7, 11) is 1.73. The van der Waals surface area contributed by atoms with Crippen molar-refractivity contribution in [2.45, 2.75) is 70.6 Å². The lowest BCUT2D eigenvalue weighted by atomic mass is 9.80. The van der Waals surface area contributed by atoms with Crippen molar-refractivity contribution in [2.24, 2.45) is 0 Å². The standard InChI is InChI=1S/C24H33NO2/c1-24(2,3)27-20-14-15-23(26-4)19(16-20)17-25-22-13-9-8-12-21(22)18-10-6-5-7-11-18/h5-7,10-11,14-16,21-22,25H,8-9,12-13,17H2,1-4H3. The van der Waals surface area contributed by atoms with E-state index in [1.54, 1.807) is 7.11 Å². The first-order chi connectivity index (χ1) is 13.0. The van der Waals surface area contributed by atoms with Gasteiger partial charge < -0.3 is 14.8 Å². The molecule has 3 nitrogen and oxygen atoms in total. The van der Waals surface area contributed by atoms with E-state index in [4.69, 9.17) is 9.47 Å². The Morgan fingerprint density at radius 3 is 2.44 bits per heavy atom. The highest BCUT2D eigenvalue weighted by Crippen LogP contribution is 2.34. The van der Waals surface area contributed by atoms with E-state index >= 15 is 0 Å². The number of methoxy groups -OCH3 is 1. The number of benzene rings is 2. The second kappa shape index (κ2) is 8.79. The summed E-state index contributed by atoms with van der Waals surface area (Å²) in [5.41, 5.74) is 2.39. The van der Waals surface area contributed by atoms with Gasteiger partial charge in [-0.15, -0.1) is 0 Å². The number of hydrogen-bond donors (Lipinski definition) is 1. The molecule has 1 fully saturated rings. The van der Waals surface area contributed by atoms with Gasteiger partial charge in [-0.25, -0.2) is 0 Å². The van der Waals surface area contributed by atoms with Gasteiger partial charge in [0.25, 0.3) is 0 Å². The molecule has 3 heteroatoms. The van der Waals surface area contributed by atoms with Gasteiger partial charge in [0, 0.05) is 18.2 Å². The Labute approximate surface area is 164 Å². The van der Waals surface area contributed by atoms with Gasteiger partial charge in [-0.05, 0) is 63.3 Å². The molecule has 1 aliphatic rings. The van der Waals surface area contributed by atoms with Crippen LogP contribution in [-0.4, -0.2) is 18.8 Å². The first kappa shape index (κ1) is 19.8. The van der Waals surface area contributed by atoms with Crippen molar-refractivity contribution in [2.75, 3.05) is 7.11 Å². The SMILES string of the molecule is COc1ccc(OC(C)(C)C)cc1CNC1CCCCC1c1ccccc1. The molecule has 2 aromatic carbocycles. The summed E-state index contributed by atoms with van der Waals surface area (Å²) >= 11 is 0. The molecule has 0 aromatic heterocycles. The van der Waals surface area contributed by atoms with Crippen LogP contribution in [0.5, 0.6) is 11.5 Å². The monoisotopic (exact) mass is 367 g/mol. The van der Waals surface area contributed by atoms with Crippen LogP contribution >= 0.6 is 0 Å². The summed E-state index contributed by atoms with van der Waals surface area (Å²) in [5, 5.41) is 3.82. The minimum atomic E-state index is -0.207. The molecular weight excluding hydrogens is 334 g/mol. The fraction of sp³-hybridized carbons (Fsp3) is 0.500. The molecule has 27 heavy (non-hydrogen) atoms. The predicted molar refractivity (Wildman–Crippen MR) is 112 cm³/mol. The first-order valence-electron chi connectivity index (χ1n) is 10.1. The highest BCUT2D eigenvalue weighted by Gasteiger charge is 2.26. The molecule has 0 bridgehead atoms. The van der Waals surface area contributed by atoms with Crippen LogP contribution in [0, 0.1) is 0 Å². The maximum Gasteiger partial charge on any atom is 0.123 e. The van der Waals surface area contributed by atoms with Crippen LogP contribution in [-0.2, 0) is 6.54 Å². The molecule has 0 saturated heterocycles. The molecule has 2 atom stereocenters.